The van der Waals surface area contributed by atoms with E-state index >= 15 is 0 Å². The number of nitrogens with two attached hydrogens (primary N) is 2. The van der Waals surface area contributed by atoms with Crippen molar-refractivity contribution in [3.05, 3.63) is 54.5 Å². The van der Waals surface area contributed by atoms with Crippen LogP contribution in [0.5, 0.6) is 5.75 Å². The Kier molecular flexibility index (Phi) is 9.00. The molecule has 7 N–H and O–H groups in total. The zero-order valence-corrected chi connectivity index (χ0v) is 24.2. The quantitative estimate of drug-likeness (QED) is 0.160. The molecular formula is C27H34N7O8P. The van der Waals surface area contributed by atoms with Crippen molar-refractivity contribution in [1.29, 1.82) is 5.26 Å². The highest BCUT2D eigenvalue weighted by Gasteiger charge is 2.57. The second kappa shape index (κ2) is 12.6. The Morgan fingerprint density at radius 3 is 2.67 bits per heavy atom. The molecule has 3 heterocycles. The zero-order chi connectivity index (χ0) is 30.8. The van der Waals surface area contributed by atoms with Crippen LogP contribution in [0, 0.1) is 11.3 Å². The Bertz CT molecular complexity index is 1530. The first-order chi connectivity index (χ1) is 20.5. The molecule has 0 radical (unpaired) electrons. The minimum atomic E-state index is -4.43. The van der Waals surface area contributed by atoms with Crippen LogP contribution in [0.4, 0.5) is 5.82 Å². The first kappa shape index (κ1) is 30.8. The summed E-state index contributed by atoms with van der Waals surface area (Å²) < 4.78 is 38.2. The van der Waals surface area contributed by atoms with Crippen LogP contribution in [0.25, 0.3) is 5.52 Å². The summed E-state index contributed by atoms with van der Waals surface area (Å²) >= 11 is 0. The SMILES string of the molecule is C[C@H](NP(=O)(OC[C@@]1(C#N)O[C@@H](c2ccc3c(N)ncnn23)[C@H](O)[C@@H]1O)Oc1ccccc1)C(=O)O[C@H]1CC[C@H](N)CC1. The number of ether oxygens (including phenoxy) is 2. The minimum absolute atomic E-state index is 0.0694. The number of carbonyl (C=O) groups excluding carboxylic acids is 1. The number of hydrogen-bond donors (Lipinski definition) is 5. The average molecular weight is 616 g/mol. The van der Waals surface area contributed by atoms with E-state index < -0.39 is 50.3 Å². The van der Waals surface area contributed by atoms with Gasteiger partial charge in [-0.2, -0.15) is 15.4 Å². The molecule has 2 aliphatic rings. The molecule has 1 saturated heterocycles. The lowest BCUT2D eigenvalue weighted by Gasteiger charge is -2.29. The van der Waals surface area contributed by atoms with Gasteiger partial charge in [-0.25, -0.2) is 14.1 Å². The van der Waals surface area contributed by atoms with Gasteiger partial charge in [0.15, 0.2) is 5.82 Å². The molecule has 0 amide bonds. The smallest absolute Gasteiger partial charge is 0.459 e. The van der Waals surface area contributed by atoms with E-state index in [-0.39, 0.29) is 29.4 Å². The second-order valence-electron chi connectivity index (χ2n) is 10.7. The van der Waals surface area contributed by atoms with Crippen molar-refractivity contribution < 1.29 is 38.1 Å². The number of hydrogen-bond acceptors (Lipinski definition) is 13. The number of nitrogens with zero attached hydrogens (tertiary/aromatic N) is 4. The number of nitrogens with one attached hydrogen (secondary N) is 1. The Morgan fingerprint density at radius 2 is 1.98 bits per heavy atom. The fourth-order valence-electron chi connectivity index (χ4n) is 5.13. The van der Waals surface area contributed by atoms with Crippen LogP contribution in [0.1, 0.15) is 44.4 Å². The molecule has 6 atom stereocenters. The number of esters is 1. The molecule has 5 rings (SSSR count). The van der Waals surface area contributed by atoms with E-state index in [1.165, 1.54) is 29.9 Å². The number of carbonyl (C=O) groups is 1. The first-order valence-corrected chi connectivity index (χ1v) is 15.3. The van der Waals surface area contributed by atoms with Gasteiger partial charge in [-0.3, -0.25) is 9.32 Å². The summed E-state index contributed by atoms with van der Waals surface area (Å²) in [5, 5.41) is 38.7. The number of aliphatic hydroxyl groups excluding tert-OH is 2. The van der Waals surface area contributed by atoms with E-state index in [2.05, 4.69) is 15.2 Å². The molecule has 230 valence electrons. The first-order valence-electron chi connectivity index (χ1n) is 13.8. The van der Waals surface area contributed by atoms with Gasteiger partial charge in [0.05, 0.1) is 5.69 Å². The van der Waals surface area contributed by atoms with Crippen molar-refractivity contribution in [3.63, 3.8) is 0 Å². The number of nitrogen functional groups attached to an aromatic ring is 1. The summed E-state index contributed by atoms with van der Waals surface area (Å²) in [6.45, 7) is 0.630. The molecule has 15 nitrogen and oxygen atoms in total. The largest absolute Gasteiger partial charge is 0.461 e. The highest BCUT2D eigenvalue weighted by molar-refractivity contribution is 7.52. The molecule has 0 spiro atoms. The molecule has 3 aromatic rings. The molecule has 16 heteroatoms. The topological polar surface area (TPSA) is 230 Å². The van der Waals surface area contributed by atoms with Gasteiger partial charge in [-0.05, 0) is 56.9 Å². The average Bonchev–Trinajstić information content (AvgIpc) is 3.53. The predicted molar refractivity (Wildman–Crippen MR) is 151 cm³/mol. The lowest BCUT2D eigenvalue weighted by Crippen LogP contribution is -2.46. The number of fused-ring (bicyclic) bond motifs is 1. The fraction of sp³-hybridized carbons (Fsp3) is 0.481. The summed E-state index contributed by atoms with van der Waals surface area (Å²) in [5.41, 5.74) is 10.4. The van der Waals surface area contributed by atoms with Gasteiger partial charge in [0.2, 0.25) is 5.60 Å². The second-order valence-corrected chi connectivity index (χ2v) is 12.4. The molecule has 1 saturated carbocycles. The molecule has 1 aliphatic heterocycles. The van der Waals surface area contributed by atoms with Crippen LogP contribution in [0.15, 0.2) is 48.8 Å². The van der Waals surface area contributed by atoms with Gasteiger partial charge in [-0.1, -0.05) is 18.2 Å². The molecule has 1 aliphatic carbocycles. The maximum absolute atomic E-state index is 14.0. The third kappa shape index (κ3) is 6.51. The van der Waals surface area contributed by atoms with Crippen molar-refractivity contribution in [2.45, 2.75) is 74.7 Å². The molecule has 43 heavy (non-hydrogen) atoms. The lowest BCUT2D eigenvalue weighted by atomic mass is 9.94. The van der Waals surface area contributed by atoms with Crippen LogP contribution in [-0.4, -0.2) is 73.4 Å². The molecule has 0 bridgehead atoms. The van der Waals surface area contributed by atoms with Gasteiger partial charge in [0.25, 0.3) is 0 Å². The van der Waals surface area contributed by atoms with E-state index in [1.54, 1.807) is 30.3 Å². The van der Waals surface area contributed by atoms with Crippen LogP contribution in [0.3, 0.4) is 0 Å². The van der Waals surface area contributed by atoms with Gasteiger partial charge < -0.3 is 35.7 Å². The number of benzene rings is 1. The number of nitriles is 1. The Morgan fingerprint density at radius 1 is 1.26 bits per heavy atom. The number of aromatic nitrogens is 3. The standard InChI is InChI=1S/C27H34N7O8P/c1-16(26(37)40-18-9-7-17(29)8-10-18)33-43(38,42-19-5-3-2-4-6-19)39-14-27(13-28)24(36)22(35)23(41-27)20-11-12-21-25(30)31-15-32-34(20)21/h2-6,11-12,15-18,22-24,35-36H,7-10,14,29H2,1H3,(H,33,38)(H2,30,31,32)/t16-,17-,18-,22-,23-,24-,27+,43?/m0/s1. The summed E-state index contributed by atoms with van der Waals surface area (Å²) in [4.78, 5) is 16.8. The Hall–Kier alpha value is -3.61. The predicted octanol–water partition coefficient (Wildman–Crippen LogP) is 1.36. The zero-order valence-electron chi connectivity index (χ0n) is 23.4. The van der Waals surface area contributed by atoms with Crippen molar-refractivity contribution >= 4 is 25.1 Å². The van der Waals surface area contributed by atoms with Crippen molar-refractivity contribution in [2.75, 3.05) is 12.3 Å². The molecule has 2 aromatic heterocycles. The van der Waals surface area contributed by atoms with Crippen LogP contribution in [-0.2, 0) is 23.4 Å². The number of para-hydroxylation sites is 1. The summed E-state index contributed by atoms with van der Waals surface area (Å²) in [6, 6.07) is 12.0. The van der Waals surface area contributed by atoms with Gasteiger partial charge >= 0.3 is 13.7 Å². The summed E-state index contributed by atoms with van der Waals surface area (Å²) in [6.07, 6.45) is -1.06. The highest BCUT2D eigenvalue weighted by atomic mass is 31.2. The van der Waals surface area contributed by atoms with Crippen molar-refractivity contribution in [2.24, 2.45) is 5.73 Å². The normalized spacial score (nSPS) is 29.4. The maximum Gasteiger partial charge on any atom is 0.459 e. The summed E-state index contributed by atoms with van der Waals surface area (Å²) in [5.74, 6) is -0.354. The Balaban J connectivity index is 1.34. The fourth-order valence-corrected chi connectivity index (χ4v) is 6.65. The molecule has 1 unspecified atom stereocenters. The van der Waals surface area contributed by atoms with E-state index in [0.29, 0.717) is 18.4 Å². The molecule has 2 fully saturated rings. The van der Waals surface area contributed by atoms with E-state index in [0.717, 1.165) is 12.8 Å². The number of anilines is 1. The third-order valence-electron chi connectivity index (χ3n) is 7.57. The number of rotatable bonds is 10. The monoisotopic (exact) mass is 615 g/mol. The van der Waals surface area contributed by atoms with Gasteiger partial charge in [-0.15, -0.1) is 0 Å². The summed E-state index contributed by atoms with van der Waals surface area (Å²) in [7, 11) is -4.43. The van der Waals surface area contributed by atoms with E-state index in [4.69, 9.17) is 30.0 Å². The molecular weight excluding hydrogens is 581 g/mol. The van der Waals surface area contributed by atoms with Crippen LogP contribution in [0.2, 0.25) is 0 Å². The van der Waals surface area contributed by atoms with E-state index in [1.807, 2.05) is 6.07 Å². The number of aliphatic hydroxyl groups is 2. The third-order valence-corrected chi connectivity index (χ3v) is 9.19. The molecule has 1 aromatic carbocycles. The van der Waals surface area contributed by atoms with E-state index in [9.17, 15) is 24.8 Å². The maximum atomic E-state index is 14.0. The van der Waals surface area contributed by atoms with Gasteiger partial charge in [0.1, 0.15) is 60.7 Å². The van der Waals surface area contributed by atoms with Crippen molar-refractivity contribution in [1.82, 2.24) is 19.7 Å². The highest BCUT2D eigenvalue weighted by Crippen LogP contribution is 2.48. The Labute approximate surface area is 247 Å². The minimum Gasteiger partial charge on any atom is -0.461 e. The van der Waals surface area contributed by atoms with Gasteiger partial charge in [0, 0.05) is 6.04 Å². The van der Waals surface area contributed by atoms with Crippen LogP contribution >= 0.6 is 7.75 Å². The van der Waals surface area contributed by atoms with Crippen LogP contribution < -0.4 is 21.1 Å². The lowest BCUT2D eigenvalue weighted by molar-refractivity contribution is -0.152. The van der Waals surface area contributed by atoms with Crippen molar-refractivity contribution in [3.8, 4) is 11.8 Å².